The van der Waals surface area contributed by atoms with Gasteiger partial charge in [0.05, 0.1) is 12.3 Å². The van der Waals surface area contributed by atoms with Crippen LogP contribution >= 0.6 is 0 Å². The number of para-hydroxylation sites is 1. The van der Waals surface area contributed by atoms with E-state index < -0.39 is 12.1 Å². The van der Waals surface area contributed by atoms with E-state index in [1.165, 1.54) is 6.26 Å². The van der Waals surface area contributed by atoms with Crippen LogP contribution in [0.4, 0.5) is 14.5 Å². The number of benzene rings is 1. The normalized spacial score (nSPS) is 11.6. The van der Waals surface area contributed by atoms with Gasteiger partial charge in [-0.1, -0.05) is 31.5 Å². The van der Waals surface area contributed by atoms with Gasteiger partial charge >= 0.3 is 0 Å². The van der Waals surface area contributed by atoms with Gasteiger partial charge in [-0.15, -0.1) is 0 Å². The number of hydrogen-bond acceptors (Lipinski definition) is 3. The first-order chi connectivity index (χ1) is 11.2. The topological polar surface area (TPSA) is 49.0 Å². The van der Waals surface area contributed by atoms with Crippen LogP contribution in [0.5, 0.6) is 0 Å². The molecule has 120 valence electrons. The van der Waals surface area contributed by atoms with Crippen LogP contribution < -0.4 is 5.32 Å². The molecule has 1 aromatic heterocycles. The molecule has 0 fully saturated rings. The quantitative estimate of drug-likeness (QED) is 0.707. The lowest BCUT2D eigenvalue weighted by atomic mass is 9.99. The number of nitrogens with zero attached hydrogens (tertiary/aromatic N) is 1. The number of unbranched alkanes of at least 4 members (excludes halogenated alkanes) is 1. The zero-order chi connectivity index (χ0) is 16.7. The van der Waals surface area contributed by atoms with E-state index in [9.17, 15) is 14.0 Å². The molecule has 1 N–H and O–H groups in total. The first kappa shape index (κ1) is 16.8. The van der Waals surface area contributed by atoms with Crippen LogP contribution in [0.3, 0.4) is 0 Å². The highest BCUT2D eigenvalue weighted by molar-refractivity contribution is 5.77. The molecule has 0 saturated carbocycles. The zero-order valence-corrected chi connectivity index (χ0v) is 12.9. The molecule has 0 aliphatic heterocycles. The molecule has 1 aromatic carbocycles. The fraction of sp³-hybridized carbons (Fsp3) is 0.278. The van der Waals surface area contributed by atoms with E-state index in [2.05, 4.69) is 11.4 Å². The molecule has 1 atom stereocenters. The Kier molecular flexibility index (Phi) is 5.93. The van der Waals surface area contributed by atoms with Crippen molar-refractivity contribution in [3.05, 3.63) is 60.1 Å². The van der Waals surface area contributed by atoms with Crippen molar-refractivity contribution in [1.82, 2.24) is 0 Å². The van der Waals surface area contributed by atoms with Crippen molar-refractivity contribution in [2.75, 3.05) is 5.32 Å². The fourth-order valence-electron chi connectivity index (χ4n) is 2.33. The molecule has 1 unspecified atom stereocenters. The Morgan fingerprint density at radius 3 is 2.65 bits per heavy atom. The van der Waals surface area contributed by atoms with Crippen molar-refractivity contribution in [3.63, 3.8) is 0 Å². The second kappa shape index (κ2) is 8.14. The zero-order valence-electron chi connectivity index (χ0n) is 12.9. The summed E-state index contributed by atoms with van der Waals surface area (Å²) < 4.78 is 31.9. The summed E-state index contributed by atoms with van der Waals surface area (Å²) in [6.07, 6.45) is 1.61. The molecule has 23 heavy (non-hydrogen) atoms. The van der Waals surface area contributed by atoms with E-state index in [1.807, 2.05) is 6.92 Å². The van der Waals surface area contributed by atoms with Crippen molar-refractivity contribution in [1.29, 1.82) is 5.26 Å². The molecule has 3 nitrogen and oxygen atoms in total. The van der Waals surface area contributed by atoms with Crippen molar-refractivity contribution in [2.24, 2.45) is 0 Å². The molecule has 0 aliphatic rings. The number of rotatable bonds is 7. The maximum atomic E-state index is 13.3. The van der Waals surface area contributed by atoms with Crippen LogP contribution in [0.1, 0.15) is 43.6 Å². The average Bonchev–Trinajstić information content (AvgIpc) is 3.08. The summed E-state index contributed by atoms with van der Waals surface area (Å²) in [5, 5.41) is 12.3. The van der Waals surface area contributed by atoms with E-state index in [4.69, 9.17) is 4.42 Å². The highest BCUT2D eigenvalue weighted by atomic mass is 19.3. The summed E-state index contributed by atoms with van der Waals surface area (Å²) in [5.74, 6) is 0.446. The minimum absolute atomic E-state index is 0.0195. The molecule has 0 radical (unpaired) electrons. The third-order valence-corrected chi connectivity index (χ3v) is 3.52. The predicted octanol–water partition coefficient (Wildman–Crippen LogP) is 5.75. The minimum Gasteiger partial charge on any atom is -0.466 e. The summed E-state index contributed by atoms with van der Waals surface area (Å²) >= 11 is 0. The highest BCUT2D eigenvalue weighted by Crippen LogP contribution is 2.33. The van der Waals surface area contributed by atoms with Crippen LogP contribution in [0.25, 0.3) is 5.57 Å². The first-order valence-electron chi connectivity index (χ1n) is 7.50. The molecule has 5 heteroatoms. The van der Waals surface area contributed by atoms with Crippen molar-refractivity contribution < 1.29 is 13.2 Å². The first-order valence-corrected chi connectivity index (χ1v) is 7.50. The molecule has 2 aromatic rings. The average molecular weight is 316 g/mol. The van der Waals surface area contributed by atoms with E-state index in [0.29, 0.717) is 29.9 Å². The third kappa shape index (κ3) is 4.19. The van der Waals surface area contributed by atoms with Gasteiger partial charge in [0.15, 0.2) is 6.04 Å². The smallest absolute Gasteiger partial charge is 0.274 e. The monoisotopic (exact) mass is 316 g/mol. The number of nitriles is 1. The molecule has 0 spiro atoms. The van der Waals surface area contributed by atoms with Gasteiger partial charge in [-0.3, -0.25) is 0 Å². The van der Waals surface area contributed by atoms with Crippen LogP contribution in [-0.4, -0.2) is 0 Å². The second-order valence-corrected chi connectivity index (χ2v) is 5.11. The Morgan fingerprint density at radius 1 is 1.26 bits per heavy atom. The van der Waals surface area contributed by atoms with Gasteiger partial charge in [-0.05, 0) is 31.0 Å². The summed E-state index contributed by atoms with van der Waals surface area (Å²) in [4.78, 5) is 0. The minimum atomic E-state index is -1.68. The maximum Gasteiger partial charge on any atom is 0.274 e. The molecule has 1 heterocycles. The van der Waals surface area contributed by atoms with Crippen LogP contribution in [-0.2, 0) is 0 Å². The molecule has 0 aliphatic carbocycles. The number of allylic oxidation sites excluding steroid dienone is 1. The lowest BCUT2D eigenvalue weighted by Gasteiger charge is -2.16. The molecule has 2 rings (SSSR count). The van der Waals surface area contributed by atoms with Gasteiger partial charge in [0.2, 0.25) is 0 Å². The SMILES string of the molecule is CCCCC(=C(F)F)c1ccccc1NC(C#N)c1ccco1. The Bertz CT molecular complexity index is 698. The second-order valence-electron chi connectivity index (χ2n) is 5.11. The highest BCUT2D eigenvalue weighted by Gasteiger charge is 2.18. The lowest BCUT2D eigenvalue weighted by molar-refractivity contribution is 0.422. The van der Waals surface area contributed by atoms with Crippen molar-refractivity contribution in [3.8, 4) is 6.07 Å². The van der Waals surface area contributed by atoms with Gasteiger partial charge in [-0.2, -0.15) is 14.0 Å². The van der Waals surface area contributed by atoms with Gasteiger partial charge in [0.1, 0.15) is 5.76 Å². The molecular formula is C18H18F2N2O. The van der Waals surface area contributed by atoms with Gasteiger partial charge < -0.3 is 9.73 Å². The Morgan fingerprint density at radius 2 is 2.04 bits per heavy atom. The molecular weight excluding hydrogens is 298 g/mol. The summed E-state index contributed by atoms with van der Waals surface area (Å²) in [5.41, 5.74) is 0.938. The fourth-order valence-corrected chi connectivity index (χ4v) is 2.33. The standard InChI is InChI=1S/C18H18F2N2O/c1-2-3-7-14(18(19)20)13-8-4-5-9-15(13)22-16(12-21)17-10-6-11-23-17/h4-6,8-11,16,22H,2-3,7H2,1H3. The van der Waals surface area contributed by atoms with Gasteiger partial charge in [-0.25, -0.2) is 0 Å². The van der Waals surface area contributed by atoms with Gasteiger partial charge in [0, 0.05) is 16.8 Å². The van der Waals surface area contributed by atoms with Crippen molar-refractivity contribution in [2.45, 2.75) is 32.2 Å². The number of furan rings is 1. The third-order valence-electron chi connectivity index (χ3n) is 3.52. The van der Waals surface area contributed by atoms with E-state index in [-0.39, 0.29) is 5.57 Å². The Labute approximate surface area is 134 Å². The lowest BCUT2D eigenvalue weighted by Crippen LogP contribution is -2.09. The summed E-state index contributed by atoms with van der Waals surface area (Å²) in [6, 6.07) is 11.5. The van der Waals surface area contributed by atoms with Crippen LogP contribution in [0.15, 0.2) is 53.2 Å². The maximum absolute atomic E-state index is 13.3. The number of anilines is 1. The molecule has 0 saturated heterocycles. The van der Waals surface area contributed by atoms with E-state index in [1.54, 1.807) is 36.4 Å². The largest absolute Gasteiger partial charge is 0.466 e. The number of hydrogen-bond donors (Lipinski definition) is 1. The Hall–Kier alpha value is -2.61. The summed E-state index contributed by atoms with van der Waals surface area (Å²) in [6.45, 7) is 1.96. The van der Waals surface area contributed by atoms with Crippen molar-refractivity contribution >= 4 is 11.3 Å². The van der Waals surface area contributed by atoms with Gasteiger partial charge in [0.25, 0.3) is 6.08 Å². The van der Waals surface area contributed by atoms with Crippen LogP contribution in [0, 0.1) is 11.3 Å². The van der Waals surface area contributed by atoms with Crippen LogP contribution in [0.2, 0.25) is 0 Å². The van der Waals surface area contributed by atoms with E-state index in [0.717, 1.165) is 6.42 Å². The molecule has 0 bridgehead atoms. The van der Waals surface area contributed by atoms with E-state index >= 15 is 0 Å². The number of nitrogens with one attached hydrogen (secondary N) is 1. The predicted molar refractivity (Wildman–Crippen MR) is 85.8 cm³/mol. The molecule has 0 amide bonds. The Balaban J connectivity index is 2.33. The summed E-state index contributed by atoms with van der Waals surface area (Å²) in [7, 11) is 0. The number of halogens is 2.